The monoisotopic (exact) mass is 240 g/mol. The Bertz CT molecular complexity index is 350. The van der Waals surface area contributed by atoms with E-state index in [0.29, 0.717) is 6.54 Å². The Balaban J connectivity index is 2.79. The number of carbonyl (C=O) groups is 2. The van der Waals surface area contributed by atoms with Crippen LogP contribution in [0.3, 0.4) is 0 Å². The second-order valence-electron chi connectivity index (χ2n) is 3.90. The second-order valence-corrected chi connectivity index (χ2v) is 3.90. The van der Waals surface area contributed by atoms with Crippen LogP contribution in [0.5, 0.6) is 0 Å². The molecule has 0 aromatic heterocycles. The third-order valence-electron chi connectivity index (χ3n) is 2.74. The van der Waals surface area contributed by atoms with Gasteiger partial charge in [0.1, 0.15) is 6.04 Å². The van der Waals surface area contributed by atoms with Gasteiger partial charge >= 0.3 is 12.0 Å². The Labute approximate surface area is 99.8 Å². The van der Waals surface area contributed by atoms with E-state index in [4.69, 9.17) is 11.5 Å². The maximum atomic E-state index is 12.0. The Morgan fingerprint density at radius 3 is 2.71 bits per heavy atom. The SMILES string of the molecule is C#CCN(CC)C(=O)N1CC(O)C[C@H]1C(=O)O. The fourth-order valence-electron chi connectivity index (χ4n) is 1.87. The van der Waals surface area contributed by atoms with Crippen molar-refractivity contribution in [3.8, 4) is 12.3 Å². The first-order valence-electron chi connectivity index (χ1n) is 5.41. The molecule has 0 saturated carbocycles. The van der Waals surface area contributed by atoms with Gasteiger partial charge in [-0.25, -0.2) is 9.59 Å². The number of β-amino-alcohol motifs (C(OH)–C–C–N with tert-alkyl or cyclic N) is 1. The molecule has 94 valence electrons. The summed E-state index contributed by atoms with van der Waals surface area (Å²) in [4.78, 5) is 25.5. The number of aliphatic hydroxyl groups excluding tert-OH is 1. The molecule has 6 nitrogen and oxygen atoms in total. The van der Waals surface area contributed by atoms with Gasteiger partial charge in [-0.05, 0) is 6.92 Å². The van der Waals surface area contributed by atoms with Gasteiger partial charge in [-0.3, -0.25) is 0 Å². The number of carbonyl (C=O) groups excluding carboxylic acids is 1. The Hall–Kier alpha value is -1.74. The van der Waals surface area contributed by atoms with Crippen LogP contribution in [0.25, 0.3) is 0 Å². The summed E-state index contributed by atoms with van der Waals surface area (Å²) in [5.41, 5.74) is 0. The van der Waals surface area contributed by atoms with E-state index in [-0.39, 0.29) is 19.5 Å². The zero-order valence-corrected chi connectivity index (χ0v) is 9.67. The van der Waals surface area contributed by atoms with Crippen molar-refractivity contribution in [1.29, 1.82) is 0 Å². The van der Waals surface area contributed by atoms with Crippen molar-refractivity contribution in [1.82, 2.24) is 9.80 Å². The van der Waals surface area contributed by atoms with Gasteiger partial charge in [0.25, 0.3) is 0 Å². The van der Waals surface area contributed by atoms with Crippen LogP contribution in [0, 0.1) is 12.3 Å². The zero-order chi connectivity index (χ0) is 13.0. The first-order chi connectivity index (χ1) is 8.01. The highest BCUT2D eigenvalue weighted by molar-refractivity contribution is 5.83. The van der Waals surface area contributed by atoms with Gasteiger partial charge in [-0.1, -0.05) is 5.92 Å². The predicted molar refractivity (Wildman–Crippen MR) is 60.2 cm³/mol. The number of rotatable bonds is 3. The molecular weight excluding hydrogens is 224 g/mol. The zero-order valence-electron chi connectivity index (χ0n) is 9.67. The van der Waals surface area contributed by atoms with Crippen molar-refractivity contribution < 1.29 is 19.8 Å². The normalized spacial score (nSPS) is 23.2. The summed E-state index contributed by atoms with van der Waals surface area (Å²) in [5, 5.41) is 18.4. The van der Waals surface area contributed by atoms with Crippen molar-refractivity contribution in [3.63, 3.8) is 0 Å². The summed E-state index contributed by atoms with van der Waals surface area (Å²) in [6, 6.07) is -1.40. The van der Waals surface area contributed by atoms with Crippen molar-refractivity contribution >= 4 is 12.0 Å². The molecule has 2 atom stereocenters. The highest BCUT2D eigenvalue weighted by Crippen LogP contribution is 2.19. The van der Waals surface area contributed by atoms with Crippen LogP contribution < -0.4 is 0 Å². The summed E-state index contributed by atoms with van der Waals surface area (Å²) in [6.07, 6.45) is 4.41. The molecule has 1 aliphatic heterocycles. The number of nitrogens with zero attached hydrogens (tertiary/aromatic N) is 2. The van der Waals surface area contributed by atoms with Gasteiger partial charge in [0, 0.05) is 19.5 Å². The maximum absolute atomic E-state index is 12.0. The number of aliphatic hydroxyl groups is 1. The van der Waals surface area contributed by atoms with Crippen LogP contribution in [0.2, 0.25) is 0 Å². The fraction of sp³-hybridized carbons (Fsp3) is 0.636. The lowest BCUT2D eigenvalue weighted by atomic mass is 10.2. The molecule has 1 saturated heterocycles. The molecule has 0 radical (unpaired) electrons. The standard InChI is InChI=1S/C11H16N2O4/c1-3-5-12(4-2)11(17)13-7-8(14)6-9(13)10(15)16/h1,8-9,14H,4-7H2,2H3,(H,15,16)/t8?,9-/m0/s1. The molecule has 0 bridgehead atoms. The number of urea groups is 1. The van der Waals surface area contributed by atoms with Crippen molar-refractivity contribution in [2.24, 2.45) is 0 Å². The van der Waals surface area contributed by atoms with Gasteiger partial charge < -0.3 is 20.0 Å². The van der Waals surface area contributed by atoms with E-state index in [0.717, 1.165) is 4.90 Å². The van der Waals surface area contributed by atoms with Crippen LogP contribution in [-0.4, -0.2) is 63.8 Å². The lowest BCUT2D eigenvalue weighted by molar-refractivity contribution is -0.141. The first-order valence-corrected chi connectivity index (χ1v) is 5.41. The van der Waals surface area contributed by atoms with Crippen molar-refractivity contribution in [3.05, 3.63) is 0 Å². The van der Waals surface area contributed by atoms with E-state index in [1.54, 1.807) is 6.92 Å². The molecular formula is C11H16N2O4. The quantitative estimate of drug-likeness (QED) is 0.657. The number of terminal acetylenes is 1. The number of carboxylic acids is 1. The Morgan fingerprint density at radius 2 is 2.24 bits per heavy atom. The molecule has 2 N–H and O–H groups in total. The topological polar surface area (TPSA) is 81.1 Å². The third-order valence-corrected chi connectivity index (χ3v) is 2.74. The van der Waals surface area contributed by atoms with E-state index in [9.17, 15) is 14.7 Å². The summed E-state index contributed by atoms with van der Waals surface area (Å²) in [5.74, 6) is 1.24. The number of amides is 2. The van der Waals surface area contributed by atoms with E-state index in [1.807, 2.05) is 0 Å². The first kappa shape index (κ1) is 13.3. The smallest absolute Gasteiger partial charge is 0.326 e. The van der Waals surface area contributed by atoms with Gasteiger partial charge in [0.15, 0.2) is 0 Å². The average molecular weight is 240 g/mol. The van der Waals surface area contributed by atoms with Crippen molar-refractivity contribution in [2.45, 2.75) is 25.5 Å². The molecule has 0 aromatic carbocycles. The minimum absolute atomic E-state index is 0.0386. The number of hydrogen-bond acceptors (Lipinski definition) is 3. The molecule has 0 aliphatic carbocycles. The van der Waals surface area contributed by atoms with E-state index in [1.165, 1.54) is 4.90 Å². The summed E-state index contributed by atoms with van der Waals surface area (Å²) in [7, 11) is 0. The lowest BCUT2D eigenvalue weighted by Crippen LogP contribution is -2.48. The molecule has 1 fully saturated rings. The molecule has 6 heteroatoms. The molecule has 17 heavy (non-hydrogen) atoms. The fourth-order valence-corrected chi connectivity index (χ4v) is 1.87. The van der Waals surface area contributed by atoms with Crippen molar-refractivity contribution in [2.75, 3.05) is 19.6 Å². The van der Waals surface area contributed by atoms with E-state index in [2.05, 4.69) is 5.92 Å². The van der Waals surface area contributed by atoms with Gasteiger partial charge in [0.2, 0.25) is 0 Å². The van der Waals surface area contributed by atoms with Gasteiger partial charge in [-0.15, -0.1) is 6.42 Å². The largest absolute Gasteiger partial charge is 0.480 e. The van der Waals surface area contributed by atoms with Gasteiger partial charge in [0.05, 0.1) is 12.6 Å². The Kier molecular flexibility index (Phi) is 4.35. The molecule has 1 unspecified atom stereocenters. The average Bonchev–Trinajstić information content (AvgIpc) is 2.67. The summed E-state index contributed by atoms with van der Waals surface area (Å²) in [6.45, 7) is 2.34. The van der Waals surface area contributed by atoms with Crippen LogP contribution >= 0.6 is 0 Å². The summed E-state index contributed by atoms with van der Waals surface area (Å²) < 4.78 is 0. The van der Waals surface area contributed by atoms with E-state index >= 15 is 0 Å². The second kappa shape index (κ2) is 5.55. The molecule has 0 spiro atoms. The third kappa shape index (κ3) is 2.88. The summed E-state index contributed by atoms with van der Waals surface area (Å²) >= 11 is 0. The maximum Gasteiger partial charge on any atom is 0.326 e. The molecule has 1 rings (SSSR count). The minimum atomic E-state index is -1.10. The van der Waals surface area contributed by atoms with Gasteiger partial charge in [-0.2, -0.15) is 0 Å². The lowest BCUT2D eigenvalue weighted by Gasteiger charge is -2.28. The van der Waals surface area contributed by atoms with E-state index < -0.39 is 24.1 Å². The van der Waals surface area contributed by atoms with Crippen LogP contribution in [0.1, 0.15) is 13.3 Å². The number of aliphatic carboxylic acids is 1. The molecule has 2 amide bonds. The molecule has 0 aromatic rings. The van der Waals surface area contributed by atoms with Crippen LogP contribution in [-0.2, 0) is 4.79 Å². The Morgan fingerprint density at radius 1 is 1.59 bits per heavy atom. The number of hydrogen-bond donors (Lipinski definition) is 2. The molecule has 1 aliphatic rings. The minimum Gasteiger partial charge on any atom is -0.480 e. The number of likely N-dealkylation sites (tertiary alicyclic amines) is 1. The predicted octanol–water partition coefficient (Wildman–Crippen LogP) is -0.419. The molecule has 1 heterocycles. The van der Waals surface area contributed by atoms with Crippen LogP contribution in [0.15, 0.2) is 0 Å². The highest BCUT2D eigenvalue weighted by atomic mass is 16.4. The number of carboxylic acid groups (broad SMARTS) is 1. The highest BCUT2D eigenvalue weighted by Gasteiger charge is 2.40. The van der Waals surface area contributed by atoms with Crippen LogP contribution in [0.4, 0.5) is 4.79 Å².